The molecular weight excluding hydrogens is 166 g/mol. The van der Waals surface area contributed by atoms with Crippen LogP contribution in [0.4, 0.5) is 0 Å². The Balaban J connectivity index is 2.66. The Morgan fingerprint density at radius 3 is 2.85 bits per heavy atom. The first-order valence-electron chi connectivity index (χ1n) is 3.95. The maximum atomic E-state index is 11.3. The van der Waals surface area contributed by atoms with Crippen molar-refractivity contribution in [1.82, 2.24) is 5.32 Å². The molecule has 3 nitrogen and oxygen atoms in total. The minimum atomic E-state index is -1.40. The van der Waals surface area contributed by atoms with Crippen molar-refractivity contribution in [2.24, 2.45) is 0 Å². The van der Waals surface area contributed by atoms with Crippen LogP contribution in [-0.4, -0.2) is 11.0 Å². The second-order valence-corrected chi connectivity index (χ2v) is 2.97. The lowest BCUT2D eigenvalue weighted by Gasteiger charge is -2.18. The van der Waals surface area contributed by atoms with Crippen LogP contribution >= 0.6 is 0 Å². The number of fused-ring (bicyclic) bond motifs is 1. The second kappa shape index (κ2) is 2.44. The highest BCUT2D eigenvalue weighted by atomic mass is 16.3. The Morgan fingerprint density at radius 2 is 2.15 bits per heavy atom. The van der Waals surface area contributed by atoms with Gasteiger partial charge in [0.25, 0.3) is 5.91 Å². The highest BCUT2D eigenvalue weighted by molar-refractivity contribution is 5.99. The summed E-state index contributed by atoms with van der Waals surface area (Å²) in [6.45, 7) is 3.48. The van der Waals surface area contributed by atoms with E-state index in [0.29, 0.717) is 11.1 Å². The molecule has 3 heteroatoms. The SMILES string of the molecule is C=CC1(O)NC(=O)c2ccccc21. The van der Waals surface area contributed by atoms with Gasteiger partial charge in [-0.25, -0.2) is 0 Å². The molecule has 0 bridgehead atoms. The lowest BCUT2D eigenvalue weighted by atomic mass is 10.0. The third-order valence-electron chi connectivity index (χ3n) is 2.18. The van der Waals surface area contributed by atoms with Gasteiger partial charge in [-0.15, -0.1) is 0 Å². The van der Waals surface area contributed by atoms with Crippen molar-refractivity contribution in [3.63, 3.8) is 0 Å². The van der Waals surface area contributed by atoms with E-state index < -0.39 is 5.72 Å². The summed E-state index contributed by atoms with van der Waals surface area (Å²) >= 11 is 0. The van der Waals surface area contributed by atoms with E-state index in [2.05, 4.69) is 11.9 Å². The van der Waals surface area contributed by atoms with Gasteiger partial charge in [0.1, 0.15) is 0 Å². The number of benzene rings is 1. The molecule has 0 saturated heterocycles. The summed E-state index contributed by atoms with van der Waals surface area (Å²) in [5.74, 6) is -0.266. The average molecular weight is 175 g/mol. The zero-order chi connectivity index (χ0) is 9.47. The van der Waals surface area contributed by atoms with Crippen LogP contribution in [0.2, 0.25) is 0 Å². The highest BCUT2D eigenvalue weighted by Gasteiger charge is 2.38. The molecule has 0 aliphatic carbocycles. The highest BCUT2D eigenvalue weighted by Crippen LogP contribution is 2.29. The number of nitrogens with one attached hydrogen (secondary N) is 1. The lowest BCUT2D eigenvalue weighted by Crippen LogP contribution is -2.36. The van der Waals surface area contributed by atoms with Crippen molar-refractivity contribution in [2.75, 3.05) is 0 Å². The number of carbonyl (C=O) groups excluding carboxylic acids is 1. The van der Waals surface area contributed by atoms with Crippen molar-refractivity contribution in [3.05, 3.63) is 48.0 Å². The second-order valence-electron chi connectivity index (χ2n) is 2.97. The Bertz CT molecular complexity index is 386. The van der Waals surface area contributed by atoms with Gasteiger partial charge in [0.15, 0.2) is 5.72 Å². The first-order chi connectivity index (χ1) is 6.17. The van der Waals surface area contributed by atoms with E-state index in [-0.39, 0.29) is 5.91 Å². The Hall–Kier alpha value is -1.61. The third-order valence-corrected chi connectivity index (χ3v) is 2.18. The molecule has 0 spiro atoms. The van der Waals surface area contributed by atoms with Crippen molar-refractivity contribution >= 4 is 5.91 Å². The maximum absolute atomic E-state index is 11.3. The van der Waals surface area contributed by atoms with E-state index in [1.54, 1.807) is 24.3 Å². The maximum Gasteiger partial charge on any atom is 0.254 e. The monoisotopic (exact) mass is 175 g/mol. The largest absolute Gasteiger partial charge is 0.364 e. The molecule has 0 saturated carbocycles. The lowest BCUT2D eigenvalue weighted by molar-refractivity contribution is 0.0535. The van der Waals surface area contributed by atoms with Gasteiger partial charge in [-0.2, -0.15) is 0 Å². The number of aliphatic hydroxyl groups is 1. The van der Waals surface area contributed by atoms with Gasteiger partial charge in [-0.3, -0.25) is 4.79 Å². The molecule has 1 amide bonds. The Morgan fingerprint density at radius 1 is 1.46 bits per heavy atom. The van der Waals surface area contributed by atoms with Gasteiger partial charge in [0.2, 0.25) is 0 Å². The molecule has 0 aromatic heterocycles. The van der Waals surface area contributed by atoms with Gasteiger partial charge in [0, 0.05) is 11.1 Å². The van der Waals surface area contributed by atoms with Crippen LogP contribution in [-0.2, 0) is 5.72 Å². The summed E-state index contributed by atoms with van der Waals surface area (Å²) in [5.41, 5.74) is -0.326. The fourth-order valence-electron chi connectivity index (χ4n) is 1.48. The topological polar surface area (TPSA) is 49.3 Å². The van der Waals surface area contributed by atoms with Crippen LogP contribution in [0.15, 0.2) is 36.9 Å². The third kappa shape index (κ3) is 0.975. The predicted molar refractivity (Wildman–Crippen MR) is 48.0 cm³/mol. The molecule has 2 N–H and O–H groups in total. The van der Waals surface area contributed by atoms with E-state index >= 15 is 0 Å². The molecule has 2 rings (SSSR count). The molecule has 1 unspecified atom stereocenters. The summed E-state index contributed by atoms with van der Waals surface area (Å²) in [4.78, 5) is 11.3. The molecule has 0 fully saturated rings. The quantitative estimate of drug-likeness (QED) is 0.619. The van der Waals surface area contributed by atoms with Gasteiger partial charge in [-0.05, 0) is 12.1 Å². The van der Waals surface area contributed by atoms with E-state index in [0.717, 1.165) is 0 Å². The smallest absolute Gasteiger partial charge is 0.254 e. The Labute approximate surface area is 75.7 Å². The van der Waals surface area contributed by atoms with Crippen molar-refractivity contribution in [3.8, 4) is 0 Å². The summed E-state index contributed by atoms with van der Waals surface area (Å²) < 4.78 is 0. The van der Waals surface area contributed by atoms with Gasteiger partial charge >= 0.3 is 0 Å². The molecule has 1 atom stereocenters. The number of amides is 1. The Kier molecular flexibility index (Phi) is 1.50. The summed E-state index contributed by atoms with van der Waals surface area (Å²) in [5, 5.41) is 12.3. The van der Waals surface area contributed by atoms with Gasteiger partial charge < -0.3 is 10.4 Å². The molecule has 1 heterocycles. The summed E-state index contributed by atoms with van der Waals surface area (Å²) in [6, 6.07) is 6.90. The molecule has 1 aromatic carbocycles. The fourth-order valence-corrected chi connectivity index (χ4v) is 1.48. The molecular formula is C10H9NO2. The normalized spacial score (nSPS) is 25.2. The minimum Gasteiger partial charge on any atom is -0.364 e. The molecule has 1 aromatic rings. The van der Waals surface area contributed by atoms with Gasteiger partial charge in [0.05, 0.1) is 0 Å². The molecule has 13 heavy (non-hydrogen) atoms. The number of rotatable bonds is 1. The van der Waals surface area contributed by atoms with E-state index in [4.69, 9.17) is 0 Å². The molecule has 1 aliphatic heterocycles. The fraction of sp³-hybridized carbons (Fsp3) is 0.100. The summed E-state index contributed by atoms with van der Waals surface area (Å²) in [6.07, 6.45) is 1.32. The number of hydrogen-bond donors (Lipinski definition) is 2. The molecule has 1 aliphatic rings. The van der Waals surface area contributed by atoms with Crippen LogP contribution in [0.25, 0.3) is 0 Å². The van der Waals surface area contributed by atoms with Gasteiger partial charge in [-0.1, -0.05) is 24.8 Å². The van der Waals surface area contributed by atoms with Crippen LogP contribution in [0, 0.1) is 0 Å². The molecule has 0 radical (unpaired) electrons. The van der Waals surface area contributed by atoms with Crippen molar-refractivity contribution in [2.45, 2.75) is 5.72 Å². The first-order valence-corrected chi connectivity index (χ1v) is 3.95. The average Bonchev–Trinajstić information content (AvgIpc) is 2.42. The van der Waals surface area contributed by atoms with E-state index in [9.17, 15) is 9.90 Å². The summed E-state index contributed by atoms with van der Waals surface area (Å²) in [7, 11) is 0. The van der Waals surface area contributed by atoms with Crippen LogP contribution in [0.3, 0.4) is 0 Å². The number of hydrogen-bond acceptors (Lipinski definition) is 2. The zero-order valence-corrected chi connectivity index (χ0v) is 6.95. The first kappa shape index (κ1) is 8.01. The van der Waals surface area contributed by atoms with Crippen molar-refractivity contribution in [1.29, 1.82) is 0 Å². The zero-order valence-electron chi connectivity index (χ0n) is 6.95. The van der Waals surface area contributed by atoms with E-state index in [1.807, 2.05) is 0 Å². The van der Waals surface area contributed by atoms with E-state index in [1.165, 1.54) is 6.08 Å². The van der Waals surface area contributed by atoms with Crippen LogP contribution in [0.1, 0.15) is 15.9 Å². The van der Waals surface area contributed by atoms with Crippen LogP contribution < -0.4 is 5.32 Å². The predicted octanol–water partition coefficient (Wildman–Crippen LogP) is 0.761. The molecule has 66 valence electrons. The van der Waals surface area contributed by atoms with Crippen LogP contribution in [0.5, 0.6) is 0 Å². The van der Waals surface area contributed by atoms with Crippen molar-refractivity contribution < 1.29 is 9.90 Å². The standard InChI is InChI=1S/C10H9NO2/c1-2-10(13)8-6-4-3-5-7(8)9(12)11-10/h2-6,13H,1H2,(H,11,12). The number of carbonyl (C=O) groups is 1. The minimum absolute atomic E-state index is 0.266.